The van der Waals surface area contributed by atoms with Gasteiger partial charge in [0.25, 0.3) is 0 Å². The molecule has 0 spiro atoms. The monoisotopic (exact) mass is 298 g/mol. The third kappa shape index (κ3) is 3.09. The highest BCUT2D eigenvalue weighted by Gasteiger charge is 2.03. The highest BCUT2D eigenvalue weighted by Crippen LogP contribution is 2.25. The molecule has 21 heavy (non-hydrogen) atoms. The lowest BCUT2D eigenvalue weighted by molar-refractivity contribution is 0.476. The molecule has 0 saturated carbocycles. The van der Waals surface area contributed by atoms with Crippen LogP contribution in [0.15, 0.2) is 54.7 Å². The van der Waals surface area contributed by atoms with Gasteiger partial charge < -0.3 is 10.4 Å². The summed E-state index contributed by atoms with van der Waals surface area (Å²) in [5.74, 6) is 1.51. The van der Waals surface area contributed by atoms with Crippen LogP contribution in [-0.4, -0.2) is 10.1 Å². The van der Waals surface area contributed by atoms with Crippen molar-refractivity contribution in [2.24, 2.45) is 0 Å². The maximum atomic E-state index is 9.64. The third-order valence-corrected chi connectivity index (χ3v) is 3.66. The quantitative estimate of drug-likeness (QED) is 0.706. The number of fused-ring (bicyclic) bond motifs is 1. The molecular weight excluding hydrogens is 284 g/mol. The molecule has 1 aromatic heterocycles. The number of nitrogens with zero attached hydrogens (tertiary/aromatic N) is 1. The topological polar surface area (TPSA) is 45.2 Å². The van der Waals surface area contributed by atoms with Crippen LogP contribution in [0.2, 0.25) is 0 Å². The average Bonchev–Trinajstić information content (AvgIpc) is 2.53. The lowest BCUT2D eigenvalue weighted by Gasteiger charge is -2.10. The Morgan fingerprint density at radius 2 is 1.90 bits per heavy atom. The van der Waals surface area contributed by atoms with Crippen molar-refractivity contribution >= 4 is 28.2 Å². The Morgan fingerprint density at radius 1 is 1.05 bits per heavy atom. The lowest BCUT2D eigenvalue weighted by atomic mass is 10.1. The minimum atomic E-state index is 0.239. The van der Waals surface area contributed by atoms with Crippen LogP contribution in [0.3, 0.4) is 0 Å². The van der Waals surface area contributed by atoms with Gasteiger partial charge in [0.1, 0.15) is 11.6 Å². The smallest absolute Gasteiger partial charge is 0.134 e. The van der Waals surface area contributed by atoms with E-state index in [0.717, 1.165) is 27.7 Å². The maximum Gasteiger partial charge on any atom is 0.134 e. The first-order chi connectivity index (χ1) is 10.3. The first-order valence-electron chi connectivity index (χ1n) is 6.71. The second-order valence-electron chi connectivity index (χ2n) is 4.87. The molecule has 3 nitrogen and oxygen atoms in total. The normalized spacial score (nSPS) is 10.7. The van der Waals surface area contributed by atoms with Crippen molar-refractivity contribution in [2.45, 2.75) is 12.4 Å². The Hall–Kier alpha value is -2.26. The number of anilines is 1. The molecule has 0 saturated heterocycles. The molecule has 2 N–H and O–H groups in total. The summed E-state index contributed by atoms with van der Waals surface area (Å²) in [4.78, 5) is 4.36. The molecule has 0 bridgehead atoms. The van der Waals surface area contributed by atoms with E-state index in [2.05, 4.69) is 16.4 Å². The van der Waals surface area contributed by atoms with Gasteiger partial charge in [0, 0.05) is 24.0 Å². The Bertz CT molecular complexity index is 774. The minimum absolute atomic E-state index is 0.239. The number of rotatable bonds is 4. The lowest BCUT2D eigenvalue weighted by Crippen LogP contribution is -2.02. The predicted molar refractivity (Wildman–Crippen MR) is 86.7 cm³/mol. The van der Waals surface area contributed by atoms with Gasteiger partial charge in [-0.1, -0.05) is 30.3 Å². The van der Waals surface area contributed by atoms with Gasteiger partial charge in [0.15, 0.2) is 0 Å². The van der Waals surface area contributed by atoms with Gasteiger partial charge in [-0.15, -0.1) is 11.6 Å². The van der Waals surface area contributed by atoms with Crippen molar-refractivity contribution < 1.29 is 5.11 Å². The highest BCUT2D eigenvalue weighted by atomic mass is 35.5. The van der Waals surface area contributed by atoms with Gasteiger partial charge in [0.05, 0.1) is 0 Å². The van der Waals surface area contributed by atoms with E-state index in [-0.39, 0.29) is 5.75 Å². The Labute approximate surface area is 128 Å². The fourth-order valence-corrected chi connectivity index (χ4v) is 2.47. The number of hydrogen-bond acceptors (Lipinski definition) is 3. The second-order valence-corrected chi connectivity index (χ2v) is 5.14. The molecular formula is C17H15ClN2O. The number of benzene rings is 2. The van der Waals surface area contributed by atoms with Crippen LogP contribution in [0.1, 0.15) is 11.1 Å². The van der Waals surface area contributed by atoms with Gasteiger partial charge in [0.2, 0.25) is 0 Å². The van der Waals surface area contributed by atoms with E-state index < -0.39 is 0 Å². The molecule has 0 aliphatic rings. The van der Waals surface area contributed by atoms with Gasteiger partial charge in [-0.05, 0) is 34.7 Å². The van der Waals surface area contributed by atoms with Crippen LogP contribution in [0, 0.1) is 0 Å². The molecule has 0 atom stereocenters. The predicted octanol–water partition coefficient (Wildman–Crippen LogP) is 4.29. The molecule has 3 aromatic rings. The fraction of sp³-hybridized carbons (Fsp3) is 0.118. The number of hydrogen-bond donors (Lipinski definition) is 2. The van der Waals surface area contributed by atoms with Gasteiger partial charge in [-0.2, -0.15) is 0 Å². The number of nitrogens with one attached hydrogen (secondary N) is 1. The SMILES string of the molecule is Oc1ccc2ccnc(NCc3cccc(CCl)c3)c2c1. The average molecular weight is 299 g/mol. The zero-order chi connectivity index (χ0) is 14.7. The summed E-state index contributed by atoms with van der Waals surface area (Å²) >= 11 is 5.85. The Morgan fingerprint density at radius 3 is 2.76 bits per heavy atom. The van der Waals surface area contributed by atoms with Crippen molar-refractivity contribution in [1.29, 1.82) is 0 Å². The largest absolute Gasteiger partial charge is 0.508 e. The van der Waals surface area contributed by atoms with Crippen LogP contribution < -0.4 is 5.32 Å². The van der Waals surface area contributed by atoms with Crippen molar-refractivity contribution in [1.82, 2.24) is 4.98 Å². The Kier molecular flexibility index (Phi) is 3.93. The van der Waals surface area contributed by atoms with Crippen LogP contribution in [-0.2, 0) is 12.4 Å². The van der Waals surface area contributed by atoms with Crippen molar-refractivity contribution in [3.8, 4) is 5.75 Å². The minimum Gasteiger partial charge on any atom is -0.508 e. The number of halogens is 1. The van der Waals surface area contributed by atoms with Crippen LogP contribution in [0.25, 0.3) is 10.8 Å². The standard InChI is InChI=1S/C17H15ClN2O/c18-10-12-2-1-3-13(8-12)11-20-17-16-9-15(21)5-4-14(16)6-7-19-17/h1-9,21H,10-11H2,(H,19,20). The van der Waals surface area contributed by atoms with Gasteiger partial charge >= 0.3 is 0 Å². The fourth-order valence-electron chi connectivity index (χ4n) is 2.31. The highest BCUT2D eigenvalue weighted by molar-refractivity contribution is 6.17. The zero-order valence-electron chi connectivity index (χ0n) is 11.4. The van der Waals surface area contributed by atoms with Crippen LogP contribution in [0.4, 0.5) is 5.82 Å². The summed E-state index contributed by atoms with van der Waals surface area (Å²) in [6.45, 7) is 0.659. The molecule has 4 heteroatoms. The number of pyridine rings is 1. The van der Waals surface area contributed by atoms with Crippen LogP contribution in [0.5, 0.6) is 5.75 Å². The molecule has 1 heterocycles. The molecule has 0 fully saturated rings. The summed E-state index contributed by atoms with van der Waals surface area (Å²) in [5.41, 5.74) is 2.24. The number of phenols is 1. The molecule has 0 aliphatic heterocycles. The van der Waals surface area contributed by atoms with Crippen LogP contribution >= 0.6 is 11.6 Å². The van der Waals surface area contributed by atoms with Gasteiger partial charge in [-0.25, -0.2) is 4.98 Å². The third-order valence-electron chi connectivity index (χ3n) is 3.36. The van der Waals surface area contributed by atoms with E-state index in [1.54, 1.807) is 18.3 Å². The van der Waals surface area contributed by atoms with Gasteiger partial charge in [-0.3, -0.25) is 0 Å². The van der Waals surface area contributed by atoms with Crippen molar-refractivity contribution in [2.75, 3.05) is 5.32 Å². The van der Waals surface area contributed by atoms with Crippen molar-refractivity contribution in [3.05, 3.63) is 65.9 Å². The molecule has 0 unspecified atom stereocenters. The van der Waals surface area contributed by atoms with E-state index in [9.17, 15) is 5.11 Å². The van der Waals surface area contributed by atoms with E-state index in [4.69, 9.17) is 11.6 Å². The molecule has 2 aromatic carbocycles. The van der Waals surface area contributed by atoms with E-state index >= 15 is 0 Å². The molecule has 0 amide bonds. The summed E-state index contributed by atoms with van der Waals surface area (Å²) in [6, 6.07) is 15.3. The first kappa shape index (κ1) is 13.7. The second kappa shape index (κ2) is 6.02. The molecule has 0 radical (unpaired) electrons. The Balaban J connectivity index is 1.86. The summed E-state index contributed by atoms with van der Waals surface area (Å²) in [5, 5.41) is 14.9. The van der Waals surface area contributed by atoms with E-state index in [1.165, 1.54) is 0 Å². The zero-order valence-corrected chi connectivity index (χ0v) is 12.1. The summed E-state index contributed by atoms with van der Waals surface area (Å²) in [6.07, 6.45) is 1.76. The summed E-state index contributed by atoms with van der Waals surface area (Å²) in [7, 11) is 0. The number of aromatic hydroxyl groups is 1. The van der Waals surface area contributed by atoms with Crippen molar-refractivity contribution in [3.63, 3.8) is 0 Å². The number of alkyl halides is 1. The molecule has 0 aliphatic carbocycles. The number of aromatic nitrogens is 1. The maximum absolute atomic E-state index is 9.64. The molecule has 3 rings (SSSR count). The van der Waals surface area contributed by atoms with E-state index in [0.29, 0.717) is 12.4 Å². The molecule has 106 valence electrons. The summed E-state index contributed by atoms with van der Waals surface area (Å²) < 4.78 is 0. The number of phenolic OH excluding ortho intramolecular Hbond substituents is 1. The van der Waals surface area contributed by atoms with E-state index in [1.807, 2.05) is 30.3 Å². The first-order valence-corrected chi connectivity index (χ1v) is 7.25.